The molecular weight excluding hydrogens is 228 g/mol. The second-order valence-corrected chi connectivity index (χ2v) is 4.88. The summed E-state index contributed by atoms with van der Waals surface area (Å²) >= 11 is 0. The molecule has 0 amide bonds. The van der Waals surface area contributed by atoms with Crippen LogP contribution in [0.2, 0.25) is 0 Å². The molecule has 0 bridgehead atoms. The molecule has 3 heteroatoms. The lowest BCUT2D eigenvalue weighted by Crippen LogP contribution is -1.93. The minimum absolute atomic E-state index is 0.0473. The molecule has 0 unspecified atom stereocenters. The smallest absolute Gasteiger partial charge is 0.331 e. The van der Waals surface area contributed by atoms with Gasteiger partial charge in [0.25, 0.3) is 0 Å². The van der Waals surface area contributed by atoms with E-state index in [0.717, 1.165) is 36.0 Å². The maximum Gasteiger partial charge on any atom is 0.331 e. The van der Waals surface area contributed by atoms with Crippen molar-refractivity contribution in [1.29, 1.82) is 0 Å². The van der Waals surface area contributed by atoms with Gasteiger partial charge in [0.05, 0.1) is 0 Å². The fourth-order valence-electron chi connectivity index (χ4n) is 1.79. The van der Waals surface area contributed by atoms with Crippen molar-refractivity contribution < 1.29 is 14.3 Å². The van der Waals surface area contributed by atoms with Crippen molar-refractivity contribution in [3.05, 3.63) is 34.9 Å². The minimum Gasteiger partial charge on any atom is -0.458 e. The summed E-state index contributed by atoms with van der Waals surface area (Å²) in [5.74, 6) is -0.193. The van der Waals surface area contributed by atoms with E-state index in [1.165, 1.54) is 0 Å². The lowest BCUT2D eigenvalue weighted by atomic mass is 10.0. The molecule has 0 aliphatic carbocycles. The Labute approximate surface area is 108 Å². The Morgan fingerprint density at radius 2 is 2.06 bits per heavy atom. The number of hydrogen-bond acceptors (Lipinski definition) is 3. The van der Waals surface area contributed by atoms with Crippen molar-refractivity contribution in [2.45, 2.75) is 40.0 Å². The summed E-state index contributed by atoms with van der Waals surface area (Å²) in [5.41, 5.74) is 3.13. The third-order valence-electron chi connectivity index (χ3n) is 2.61. The summed E-state index contributed by atoms with van der Waals surface area (Å²) in [6.07, 6.45) is 7.54. The Bertz CT molecular complexity index is 421. The Hall–Kier alpha value is -1.64. The second-order valence-electron chi connectivity index (χ2n) is 4.88. The summed E-state index contributed by atoms with van der Waals surface area (Å²) in [6.45, 7) is 6.20. The van der Waals surface area contributed by atoms with Crippen molar-refractivity contribution in [1.82, 2.24) is 0 Å². The lowest BCUT2D eigenvalue weighted by Gasteiger charge is -2.01. The van der Waals surface area contributed by atoms with Gasteiger partial charge in [0.15, 0.2) is 5.78 Å². The van der Waals surface area contributed by atoms with E-state index in [4.69, 9.17) is 4.74 Å². The number of ketones is 1. The predicted octanol–water partition coefficient (Wildman–Crippen LogP) is 3.12. The van der Waals surface area contributed by atoms with Crippen LogP contribution in [-0.4, -0.2) is 18.4 Å². The molecule has 0 aromatic rings. The van der Waals surface area contributed by atoms with Crippen molar-refractivity contribution >= 4 is 11.8 Å². The molecule has 0 saturated heterocycles. The number of esters is 1. The zero-order valence-electron chi connectivity index (χ0n) is 11.3. The quantitative estimate of drug-likeness (QED) is 0.536. The Morgan fingerprint density at radius 1 is 1.33 bits per heavy atom. The zero-order chi connectivity index (χ0) is 13.5. The van der Waals surface area contributed by atoms with Gasteiger partial charge in [-0.1, -0.05) is 11.1 Å². The molecule has 3 nitrogen and oxygen atoms in total. The van der Waals surface area contributed by atoms with Crippen LogP contribution in [0.15, 0.2) is 34.9 Å². The van der Waals surface area contributed by atoms with Crippen LogP contribution in [0.1, 0.15) is 40.0 Å². The molecule has 0 spiro atoms. The van der Waals surface area contributed by atoms with Crippen molar-refractivity contribution in [3.63, 3.8) is 0 Å². The first-order valence-electron chi connectivity index (χ1n) is 6.19. The Balaban J connectivity index is 2.33. The van der Waals surface area contributed by atoms with Crippen LogP contribution in [0.4, 0.5) is 0 Å². The molecule has 1 aliphatic rings. The van der Waals surface area contributed by atoms with Crippen LogP contribution in [0.5, 0.6) is 0 Å². The number of ether oxygens (including phenoxy) is 1. The molecular formula is C15H20O3. The zero-order valence-corrected chi connectivity index (χ0v) is 11.3. The summed E-state index contributed by atoms with van der Waals surface area (Å²) in [7, 11) is 0. The third-order valence-corrected chi connectivity index (χ3v) is 2.61. The van der Waals surface area contributed by atoms with Gasteiger partial charge in [-0.15, -0.1) is 0 Å². The molecule has 1 rings (SSSR count). The highest BCUT2D eigenvalue weighted by Gasteiger charge is 2.11. The molecule has 0 radical (unpaired) electrons. The van der Waals surface area contributed by atoms with E-state index >= 15 is 0 Å². The van der Waals surface area contributed by atoms with Crippen LogP contribution in [0.3, 0.4) is 0 Å². The third kappa shape index (κ3) is 5.62. The van der Waals surface area contributed by atoms with E-state index in [1.54, 1.807) is 18.2 Å². The first-order valence-corrected chi connectivity index (χ1v) is 6.19. The van der Waals surface area contributed by atoms with Crippen LogP contribution >= 0.6 is 0 Å². The van der Waals surface area contributed by atoms with Crippen molar-refractivity contribution in [3.8, 4) is 0 Å². The maximum absolute atomic E-state index is 11.5. The first kappa shape index (κ1) is 14.4. The van der Waals surface area contributed by atoms with E-state index in [2.05, 4.69) is 0 Å². The van der Waals surface area contributed by atoms with Gasteiger partial charge >= 0.3 is 5.97 Å². The molecule has 0 aromatic carbocycles. The topological polar surface area (TPSA) is 43.4 Å². The fourth-order valence-corrected chi connectivity index (χ4v) is 1.79. The second kappa shape index (κ2) is 6.94. The predicted molar refractivity (Wildman–Crippen MR) is 71.1 cm³/mol. The van der Waals surface area contributed by atoms with Crippen LogP contribution in [0, 0.1) is 0 Å². The number of rotatable bonds is 6. The van der Waals surface area contributed by atoms with Gasteiger partial charge in [-0.25, -0.2) is 4.79 Å². The van der Waals surface area contributed by atoms with E-state index in [-0.39, 0.29) is 11.8 Å². The number of carbonyl (C=O) groups is 2. The van der Waals surface area contributed by atoms with Gasteiger partial charge in [0, 0.05) is 6.08 Å². The van der Waals surface area contributed by atoms with E-state index in [0.29, 0.717) is 6.61 Å². The molecule has 0 aromatic heterocycles. The standard InChI is InChI=1S/C15H20O3/c1-11(2)7-14(16)8-12(3)5-4-6-13-9-15(17)18-10-13/h7-9H,4-6,10H2,1-3H3/b12-8+. The largest absolute Gasteiger partial charge is 0.458 e. The number of allylic oxidation sites excluding steroid dienone is 4. The molecule has 0 saturated carbocycles. The number of hydrogen-bond donors (Lipinski definition) is 0. The molecule has 0 fully saturated rings. The normalized spacial score (nSPS) is 15.2. The van der Waals surface area contributed by atoms with E-state index < -0.39 is 0 Å². The van der Waals surface area contributed by atoms with Crippen LogP contribution in [-0.2, 0) is 14.3 Å². The Morgan fingerprint density at radius 3 is 2.61 bits per heavy atom. The highest BCUT2D eigenvalue weighted by atomic mass is 16.5. The van der Waals surface area contributed by atoms with Gasteiger partial charge in [0.1, 0.15) is 6.61 Å². The average Bonchev–Trinajstić information content (AvgIpc) is 2.62. The molecule has 1 aliphatic heterocycles. The average molecular weight is 248 g/mol. The van der Waals surface area contributed by atoms with Gasteiger partial charge in [-0.3, -0.25) is 4.79 Å². The minimum atomic E-state index is -0.240. The summed E-state index contributed by atoms with van der Waals surface area (Å²) in [4.78, 5) is 22.3. The van der Waals surface area contributed by atoms with Gasteiger partial charge in [-0.05, 0) is 57.8 Å². The highest BCUT2D eigenvalue weighted by molar-refractivity contribution is 6.00. The van der Waals surface area contributed by atoms with Gasteiger partial charge < -0.3 is 4.74 Å². The Kier molecular flexibility index (Phi) is 5.56. The van der Waals surface area contributed by atoms with E-state index in [9.17, 15) is 9.59 Å². The summed E-state index contributed by atoms with van der Waals surface area (Å²) in [6, 6.07) is 0. The fraction of sp³-hybridized carbons (Fsp3) is 0.467. The molecule has 0 N–H and O–H groups in total. The molecule has 0 atom stereocenters. The van der Waals surface area contributed by atoms with E-state index in [1.807, 2.05) is 20.8 Å². The maximum atomic E-state index is 11.5. The summed E-state index contributed by atoms with van der Waals surface area (Å²) < 4.78 is 4.82. The van der Waals surface area contributed by atoms with Crippen molar-refractivity contribution in [2.75, 3.05) is 6.61 Å². The molecule has 98 valence electrons. The molecule has 1 heterocycles. The number of cyclic esters (lactones) is 1. The lowest BCUT2D eigenvalue weighted by molar-refractivity contribution is -0.135. The van der Waals surface area contributed by atoms with Crippen molar-refractivity contribution in [2.24, 2.45) is 0 Å². The van der Waals surface area contributed by atoms with Crippen LogP contribution < -0.4 is 0 Å². The SMILES string of the molecule is CC(C)=CC(=O)/C=C(\C)CCCC1=CC(=O)OC1. The first-order chi connectivity index (χ1) is 8.47. The van der Waals surface area contributed by atoms with Gasteiger partial charge in [-0.2, -0.15) is 0 Å². The number of carbonyl (C=O) groups excluding carboxylic acids is 2. The monoisotopic (exact) mass is 248 g/mol. The summed E-state index contributed by atoms with van der Waals surface area (Å²) in [5, 5.41) is 0. The molecule has 18 heavy (non-hydrogen) atoms. The van der Waals surface area contributed by atoms with Gasteiger partial charge in [0.2, 0.25) is 0 Å². The van der Waals surface area contributed by atoms with Crippen LogP contribution in [0.25, 0.3) is 0 Å². The highest BCUT2D eigenvalue weighted by Crippen LogP contribution is 2.16.